The van der Waals surface area contributed by atoms with E-state index in [0.717, 1.165) is 64.5 Å². The van der Waals surface area contributed by atoms with Crippen molar-refractivity contribution in [2.45, 2.75) is 26.2 Å². The highest BCUT2D eigenvalue weighted by atomic mass is 15.0. The highest BCUT2D eigenvalue weighted by molar-refractivity contribution is 5.84. The molecule has 0 radical (unpaired) electrons. The van der Waals surface area contributed by atoms with Crippen LogP contribution >= 0.6 is 0 Å². The lowest BCUT2D eigenvalue weighted by atomic mass is 10.1. The van der Waals surface area contributed by atoms with E-state index in [2.05, 4.69) is 64.3 Å². The van der Waals surface area contributed by atoms with E-state index in [1.54, 1.807) is 12.4 Å². The van der Waals surface area contributed by atoms with Gasteiger partial charge >= 0.3 is 0 Å². The fraction of sp³-hybridized carbons (Fsp3) is 0.154. The third-order valence-corrected chi connectivity index (χ3v) is 5.41. The maximum absolute atomic E-state index is 4.99. The van der Waals surface area contributed by atoms with Gasteiger partial charge < -0.3 is 4.98 Å². The monoisotopic (exact) mass is 405 g/mol. The van der Waals surface area contributed by atoms with Crippen LogP contribution in [0.2, 0.25) is 0 Å². The molecule has 3 heterocycles. The zero-order chi connectivity index (χ0) is 21.0. The summed E-state index contributed by atoms with van der Waals surface area (Å²) >= 11 is 0. The van der Waals surface area contributed by atoms with Gasteiger partial charge in [-0.1, -0.05) is 49.4 Å². The van der Waals surface area contributed by atoms with Crippen LogP contribution in [0.1, 0.15) is 24.0 Å². The zero-order valence-corrected chi connectivity index (χ0v) is 17.4. The molecule has 5 rings (SSSR count). The molecule has 1 N–H and O–H groups in total. The number of nitrogens with zero attached hydrogens (tertiary/aromatic N) is 4. The highest BCUT2D eigenvalue weighted by Crippen LogP contribution is 2.31. The molecule has 2 aromatic carbocycles. The maximum atomic E-state index is 4.99. The summed E-state index contributed by atoms with van der Waals surface area (Å²) in [4.78, 5) is 22.2. The Morgan fingerprint density at radius 3 is 2.45 bits per heavy atom. The Balaban J connectivity index is 1.57. The van der Waals surface area contributed by atoms with Gasteiger partial charge in [0.05, 0.1) is 28.1 Å². The van der Waals surface area contributed by atoms with Gasteiger partial charge in [0.1, 0.15) is 5.82 Å². The predicted octanol–water partition coefficient (Wildman–Crippen LogP) is 5.43. The molecule has 0 saturated carbocycles. The summed E-state index contributed by atoms with van der Waals surface area (Å²) in [7, 11) is 0. The summed E-state index contributed by atoms with van der Waals surface area (Å²) in [6.45, 7) is 2.12. The number of H-pyrrole nitrogens is 1. The van der Waals surface area contributed by atoms with E-state index in [4.69, 9.17) is 9.97 Å². The van der Waals surface area contributed by atoms with E-state index >= 15 is 0 Å². The molecule has 0 fully saturated rings. The lowest BCUT2D eigenvalue weighted by Gasteiger charge is -2.05. The Morgan fingerprint density at radius 2 is 1.61 bits per heavy atom. The Morgan fingerprint density at radius 1 is 0.774 bits per heavy atom. The summed E-state index contributed by atoms with van der Waals surface area (Å²) in [6.07, 6.45) is 6.08. The fourth-order valence-corrected chi connectivity index (χ4v) is 3.77. The van der Waals surface area contributed by atoms with Crippen LogP contribution in [-0.4, -0.2) is 24.9 Å². The summed E-state index contributed by atoms with van der Waals surface area (Å²) < 4.78 is 0. The second-order valence-electron chi connectivity index (χ2n) is 7.52. The molecule has 0 aliphatic carbocycles. The largest absolute Gasteiger partial charge is 0.340 e. The lowest BCUT2D eigenvalue weighted by Crippen LogP contribution is -1.94. The van der Waals surface area contributed by atoms with E-state index in [0.29, 0.717) is 0 Å². The van der Waals surface area contributed by atoms with Gasteiger partial charge in [-0.05, 0) is 42.7 Å². The van der Waals surface area contributed by atoms with E-state index in [-0.39, 0.29) is 0 Å². The van der Waals surface area contributed by atoms with Crippen LogP contribution in [0.4, 0.5) is 0 Å². The molecular formula is C26H23N5. The second kappa shape index (κ2) is 8.48. The lowest BCUT2D eigenvalue weighted by molar-refractivity contribution is 0.885. The van der Waals surface area contributed by atoms with Crippen molar-refractivity contribution < 1.29 is 0 Å². The maximum Gasteiger partial charge on any atom is 0.107 e. The molecule has 0 unspecified atom stereocenters. The topological polar surface area (TPSA) is 67.3 Å². The Labute approximate surface area is 181 Å². The number of aromatic amines is 1. The van der Waals surface area contributed by atoms with Gasteiger partial charge in [-0.3, -0.25) is 15.0 Å². The van der Waals surface area contributed by atoms with Gasteiger partial charge in [-0.15, -0.1) is 0 Å². The van der Waals surface area contributed by atoms with Crippen LogP contribution in [-0.2, 0) is 19.3 Å². The van der Waals surface area contributed by atoms with E-state index in [9.17, 15) is 0 Å². The van der Waals surface area contributed by atoms with Crippen molar-refractivity contribution in [3.05, 3.63) is 96.2 Å². The van der Waals surface area contributed by atoms with Crippen LogP contribution in [0.3, 0.4) is 0 Å². The number of fused-ring (bicyclic) bond motifs is 1. The molecule has 5 heteroatoms. The van der Waals surface area contributed by atoms with E-state index in [1.165, 1.54) is 5.56 Å². The Kier molecular flexibility index (Phi) is 5.23. The zero-order valence-electron chi connectivity index (χ0n) is 17.4. The molecule has 0 aliphatic rings. The van der Waals surface area contributed by atoms with Crippen LogP contribution in [0.5, 0.6) is 0 Å². The molecule has 3 aromatic heterocycles. The van der Waals surface area contributed by atoms with Crippen LogP contribution in [0, 0.1) is 0 Å². The number of nitrogens with one attached hydrogen (secondary N) is 1. The minimum absolute atomic E-state index is 0.831. The molecule has 31 heavy (non-hydrogen) atoms. The number of benzene rings is 2. The number of imidazole rings is 1. The fourth-order valence-electron chi connectivity index (χ4n) is 3.77. The number of hydrogen-bond donors (Lipinski definition) is 1. The van der Waals surface area contributed by atoms with E-state index in [1.807, 2.05) is 24.3 Å². The number of aryl methyl sites for hydroxylation is 3. The van der Waals surface area contributed by atoms with Crippen molar-refractivity contribution in [2.24, 2.45) is 0 Å². The van der Waals surface area contributed by atoms with Crippen molar-refractivity contribution in [3.63, 3.8) is 0 Å². The number of pyridine rings is 1. The predicted molar refractivity (Wildman–Crippen MR) is 124 cm³/mol. The smallest absolute Gasteiger partial charge is 0.107 e. The summed E-state index contributed by atoms with van der Waals surface area (Å²) in [5.74, 6) is 0.955. The van der Waals surface area contributed by atoms with Gasteiger partial charge in [0, 0.05) is 30.1 Å². The van der Waals surface area contributed by atoms with Crippen molar-refractivity contribution >= 4 is 11.0 Å². The van der Waals surface area contributed by atoms with Crippen molar-refractivity contribution in [2.75, 3.05) is 0 Å². The number of hydrogen-bond acceptors (Lipinski definition) is 4. The molecule has 0 saturated heterocycles. The number of aromatic nitrogens is 5. The third-order valence-electron chi connectivity index (χ3n) is 5.41. The standard InChI is InChI=1S/C26H23N5/c1-2-20-9-6-10-22(29-20)26-25(19-12-13-21-23(17-19)28-16-15-27-21)30-24(31-26)14-11-18-7-4-3-5-8-18/h3-10,12-13,15-17H,2,11,14H2,1H3,(H,30,31). The first-order valence-electron chi connectivity index (χ1n) is 10.6. The second-order valence-corrected chi connectivity index (χ2v) is 7.52. The Hall–Kier alpha value is -3.86. The summed E-state index contributed by atoms with van der Waals surface area (Å²) in [6, 6.07) is 22.7. The minimum Gasteiger partial charge on any atom is -0.340 e. The molecule has 0 amide bonds. The van der Waals surface area contributed by atoms with Crippen LogP contribution in [0.25, 0.3) is 33.7 Å². The molecule has 0 aliphatic heterocycles. The molecule has 5 nitrogen and oxygen atoms in total. The average molecular weight is 406 g/mol. The summed E-state index contributed by atoms with van der Waals surface area (Å²) in [5.41, 5.74) is 7.86. The number of rotatable bonds is 6. The SMILES string of the molecule is CCc1cccc(-c2[nH]c(CCc3ccccc3)nc2-c2ccc3nccnc3c2)n1. The Bertz CT molecular complexity index is 1320. The first-order valence-corrected chi connectivity index (χ1v) is 10.6. The van der Waals surface area contributed by atoms with Gasteiger partial charge in [-0.25, -0.2) is 4.98 Å². The quantitative estimate of drug-likeness (QED) is 0.409. The van der Waals surface area contributed by atoms with Gasteiger partial charge in [0.25, 0.3) is 0 Å². The normalized spacial score (nSPS) is 11.1. The van der Waals surface area contributed by atoms with Gasteiger partial charge in [0.15, 0.2) is 0 Å². The first-order chi connectivity index (χ1) is 15.3. The average Bonchev–Trinajstić information content (AvgIpc) is 3.27. The van der Waals surface area contributed by atoms with Crippen molar-refractivity contribution in [1.29, 1.82) is 0 Å². The van der Waals surface area contributed by atoms with Gasteiger partial charge in [0.2, 0.25) is 0 Å². The van der Waals surface area contributed by atoms with Crippen LogP contribution < -0.4 is 0 Å². The van der Waals surface area contributed by atoms with Crippen molar-refractivity contribution in [1.82, 2.24) is 24.9 Å². The molecular weight excluding hydrogens is 382 g/mol. The summed E-state index contributed by atoms with van der Waals surface area (Å²) in [5, 5.41) is 0. The minimum atomic E-state index is 0.831. The van der Waals surface area contributed by atoms with E-state index < -0.39 is 0 Å². The first kappa shape index (κ1) is 19.1. The van der Waals surface area contributed by atoms with Crippen LogP contribution in [0.15, 0.2) is 79.1 Å². The highest BCUT2D eigenvalue weighted by Gasteiger charge is 2.16. The van der Waals surface area contributed by atoms with Gasteiger partial charge in [-0.2, -0.15) is 0 Å². The molecule has 0 spiro atoms. The molecule has 0 atom stereocenters. The third kappa shape index (κ3) is 4.08. The molecule has 0 bridgehead atoms. The van der Waals surface area contributed by atoms with Crippen molar-refractivity contribution in [3.8, 4) is 22.6 Å². The molecule has 5 aromatic rings. The molecule has 152 valence electrons.